The van der Waals surface area contributed by atoms with Crippen molar-refractivity contribution in [1.82, 2.24) is 10.3 Å². The van der Waals surface area contributed by atoms with E-state index in [-0.39, 0.29) is 10.6 Å². The SMILES string of the molecule is CCCNc1cc(C(=O)NCC(F)(F)C(F)F)c(Cl)cn1. The summed E-state index contributed by atoms with van der Waals surface area (Å²) in [5.41, 5.74) is -0.115. The minimum Gasteiger partial charge on any atom is -0.370 e. The van der Waals surface area contributed by atoms with E-state index < -0.39 is 24.8 Å². The Morgan fingerprint density at radius 2 is 2.14 bits per heavy atom. The first-order valence-corrected chi connectivity index (χ1v) is 6.49. The number of halogens is 5. The van der Waals surface area contributed by atoms with Crippen LogP contribution in [0.2, 0.25) is 5.02 Å². The third-order valence-electron chi connectivity index (χ3n) is 2.46. The monoisotopic (exact) mass is 327 g/mol. The average Bonchev–Trinajstić information content (AvgIpc) is 2.43. The zero-order valence-corrected chi connectivity index (χ0v) is 11.9. The van der Waals surface area contributed by atoms with E-state index in [4.69, 9.17) is 11.6 Å². The molecule has 0 saturated heterocycles. The van der Waals surface area contributed by atoms with Gasteiger partial charge >= 0.3 is 12.3 Å². The number of carbonyl (C=O) groups is 1. The molecule has 0 spiro atoms. The van der Waals surface area contributed by atoms with Crippen LogP contribution < -0.4 is 10.6 Å². The molecule has 0 saturated carbocycles. The number of hydrogen-bond donors (Lipinski definition) is 2. The maximum atomic E-state index is 12.7. The molecule has 0 aromatic carbocycles. The fourth-order valence-corrected chi connectivity index (χ4v) is 1.52. The number of nitrogens with zero attached hydrogens (tertiary/aromatic N) is 1. The molecule has 0 radical (unpaired) electrons. The van der Waals surface area contributed by atoms with Gasteiger partial charge in [0, 0.05) is 12.7 Å². The van der Waals surface area contributed by atoms with Gasteiger partial charge in [-0.15, -0.1) is 0 Å². The predicted molar refractivity (Wildman–Crippen MR) is 71.3 cm³/mol. The number of carbonyl (C=O) groups excluding carboxylic acids is 1. The molecule has 0 aliphatic carbocycles. The third kappa shape index (κ3) is 5.04. The van der Waals surface area contributed by atoms with Gasteiger partial charge in [0.2, 0.25) is 0 Å². The van der Waals surface area contributed by atoms with E-state index in [2.05, 4.69) is 10.3 Å². The molecule has 1 rings (SSSR count). The van der Waals surface area contributed by atoms with E-state index in [9.17, 15) is 22.4 Å². The molecule has 0 atom stereocenters. The summed E-state index contributed by atoms with van der Waals surface area (Å²) in [6.45, 7) is 1.04. The lowest BCUT2D eigenvalue weighted by molar-refractivity contribution is -0.123. The largest absolute Gasteiger partial charge is 0.370 e. The Morgan fingerprint density at radius 3 is 2.71 bits per heavy atom. The summed E-state index contributed by atoms with van der Waals surface area (Å²) in [6, 6.07) is 1.27. The molecule has 0 bridgehead atoms. The molecule has 0 unspecified atom stereocenters. The van der Waals surface area contributed by atoms with Crippen LogP contribution >= 0.6 is 11.6 Å². The van der Waals surface area contributed by atoms with E-state index in [1.54, 1.807) is 5.32 Å². The highest BCUT2D eigenvalue weighted by atomic mass is 35.5. The molecular weight excluding hydrogens is 314 g/mol. The maximum Gasteiger partial charge on any atom is 0.324 e. The van der Waals surface area contributed by atoms with Crippen LogP contribution in [0.1, 0.15) is 23.7 Å². The van der Waals surface area contributed by atoms with E-state index in [1.165, 1.54) is 12.3 Å². The second-order valence-electron chi connectivity index (χ2n) is 4.22. The smallest absolute Gasteiger partial charge is 0.324 e. The van der Waals surface area contributed by atoms with Crippen molar-refractivity contribution >= 4 is 23.3 Å². The quantitative estimate of drug-likeness (QED) is 0.756. The highest BCUT2D eigenvalue weighted by molar-refractivity contribution is 6.33. The predicted octanol–water partition coefficient (Wildman–Crippen LogP) is 3.19. The lowest BCUT2D eigenvalue weighted by Gasteiger charge is -2.16. The van der Waals surface area contributed by atoms with Crippen LogP contribution in [0.15, 0.2) is 12.3 Å². The van der Waals surface area contributed by atoms with Crippen molar-refractivity contribution in [3.05, 3.63) is 22.8 Å². The third-order valence-corrected chi connectivity index (χ3v) is 2.76. The zero-order valence-electron chi connectivity index (χ0n) is 11.1. The molecule has 1 aromatic rings. The van der Waals surface area contributed by atoms with Crippen LogP contribution in [0.25, 0.3) is 0 Å². The van der Waals surface area contributed by atoms with Crippen LogP contribution in [0.5, 0.6) is 0 Å². The van der Waals surface area contributed by atoms with Crippen molar-refractivity contribution in [3.8, 4) is 0 Å². The summed E-state index contributed by atoms with van der Waals surface area (Å²) in [5, 5.41) is 4.56. The Balaban J connectivity index is 2.77. The van der Waals surface area contributed by atoms with E-state index >= 15 is 0 Å². The van der Waals surface area contributed by atoms with Crippen molar-refractivity contribution in [2.45, 2.75) is 25.7 Å². The fraction of sp³-hybridized carbons (Fsp3) is 0.500. The number of hydrogen-bond acceptors (Lipinski definition) is 3. The van der Waals surface area contributed by atoms with Crippen molar-refractivity contribution in [3.63, 3.8) is 0 Å². The highest BCUT2D eigenvalue weighted by Gasteiger charge is 2.40. The van der Waals surface area contributed by atoms with E-state index in [0.717, 1.165) is 6.42 Å². The molecule has 1 heterocycles. The Hall–Kier alpha value is -1.57. The Kier molecular flexibility index (Phi) is 6.19. The molecule has 21 heavy (non-hydrogen) atoms. The summed E-state index contributed by atoms with van der Waals surface area (Å²) >= 11 is 5.75. The van der Waals surface area contributed by atoms with Crippen molar-refractivity contribution in [2.75, 3.05) is 18.4 Å². The number of pyridine rings is 1. The molecule has 2 N–H and O–H groups in total. The van der Waals surface area contributed by atoms with Gasteiger partial charge < -0.3 is 10.6 Å². The Morgan fingerprint density at radius 1 is 1.48 bits per heavy atom. The van der Waals surface area contributed by atoms with Crippen molar-refractivity contribution in [1.29, 1.82) is 0 Å². The molecule has 0 fully saturated rings. The number of amides is 1. The van der Waals surface area contributed by atoms with Crippen molar-refractivity contribution < 1.29 is 22.4 Å². The zero-order chi connectivity index (χ0) is 16.0. The van der Waals surface area contributed by atoms with Crippen molar-refractivity contribution in [2.24, 2.45) is 0 Å². The summed E-state index contributed by atoms with van der Waals surface area (Å²) in [4.78, 5) is 15.6. The van der Waals surface area contributed by atoms with Crippen LogP contribution in [-0.2, 0) is 0 Å². The number of rotatable bonds is 7. The van der Waals surface area contributed by atoms with Gasteiger partial charge in [-0.05, 0) is 12.5 Å². The molecule has 0 aliphatic heterocycles. The molecular formula is C12H14ClF4N3O. The number of anilines is 1. The second kappa shape index (κ2) is 7.44. The van der Waals surface area contributed by atoms with E-state index in [1.807, 2.05) is 6.92 Å². The number of alkyl halides is 4. The van der Waals surface area contributed by atoms with Crippen LogP contribution in [-0.4, -0.2) is 36.3 Å². The average molecular weight is 328 g/mol. The number of aromatic nitrogens is 1. The minimum atomic E-state index is -4.29. The van der Waals surface area contributed by atoms with Gasteiger partial charge in [0.25, 0.3) is 5.91 Å². The van der Waals surface area contributed by atoms with Gasteiger partial charge in [0.05, 0.1) is 17.1 Å². The molecule has 1 amide bonds. The van der Waals surface area contributed by atoms with Crippen LogP contribution in [0, 0.1) is 0 Å². The lowest BCUT2D eigenvalue weighted by Crippen LogP contribution is -2.41. The molecule has 0 aliphatic rings. The van der Waals surface area contributed by atoms with Crippen LogP contribution in [0.4, 0.5) is 23.4 Å². The molecule has 9 heteroatoms. The Bertz CT molecular complexity index is 499. The first kappa shape index (κ1) is 17.5. The van der Waals surface area contributed by atoms with Gasteiger partial charge in [-0.3, -0.25) is 4.79 Å². The molecule has 1 aromatic heterocycles. The van der Waals surface area contributed by atoms with E-state index in [0.29, 0.717) is 12.4 Å². The van der Waals surface area contributed by atoms with Gasteiger partial charge in [-0.2, -0.15) is 8.78 Å². The summed E-state index contributed by atoms with van der Waals surface area (Å²) in [6.07, 6.45) is -1.86. The highest BCUT2D eigenvalue weighted by Crippen LogP contribution is 2.22. The number of nitrogens with one attached hydrogen (secondary N) is 2. The fourth-order valence-electron chi connectivity index (χ4n) is 1.33. The van der Waals surface area contributed by atoms with Gasteiger partial charge in [-0.1, -0.05) is 18.5 Å². The topological polar surface area (TPSA) is 54.0 Å². The van der Waals surface area contributed by atoms with Gasteiger partial charge in [0.1, 0.15) is 5.82 Å². The maximum absolute atomic E-state index is 12.7. The normalized spacial score (nSPS) is 11.6. The summed E-state index contributed by atoms with van der Waals surface area (Å²) < 4.78 is 49.5. The summed E-state index contributed by atoms with van der Waals surface area (Å²) in [5.74, 6) is -4.92. The Labute approximate surface area is 123 Å². The standard InChI is InChI=1S/C12H14ClF4N3O/c1-2-3-18-9-4-7(8(13)5-19-9)10(21)20-6-12(16,17)11(14)15/h4-5,11H,2-3,6H2,1H3,(H,18,19)(H,20,21). The minimum absolute atomic E-state index is 0.0603. The lowest BCUT2D eigenvalue weighted by atomic mass is 10.2. The van der Waals surface area contributed by atoms with Crippen LogP contribution in [0.3, 0.4) is 0 Å². The summed E-state index contributed by atoms with van der Waals surface area (Å²) in [7, 11) is 0. The first-order chi connectivity index (χ1) is 9.77. The molecule has 118 valence electrons. The van der Waals surface area contributed by atoms with Gasteiger partial charge in [0.15, 0.2) is 0 Å². The molecule has 4 nitrogen and oxygen atoms in total. The first-order valence-electron chi connectivity index (χ1n) is 6.11. The second-order valence-corrected chi connectivity index (χ2v) is 4.63. The van der Waals surface area contributed by atoms with Gasteiger partial charge in [-0.25, -0.2) is 13.8 Å².